The van der Waals surface area contributed by atoms with E-state index < -0.39 is 0 Å². The van der Waals surface area contributed by atoms with Crippen molar-refractivity contribution in [1.29, 1.82) is 0 Å². The van der Waals surface area contributed by atoms with E-state index in [9.17, 15) is 5.11 Å². The van der Waals surface area contributed by atoms with Crippen LogP contribution in [0.25, 0.3) is 0 Å². The zero-order valence-electron chi connectivity index (χ0n) is 10.7. The van der Waals surface area contributed by atoms with Gasteiger partial charge in [-0.25, -0.2) is 0 Å². The Bertz CT molecular complexity index is 232. The van der Waals surface area contributed by atoms with Crippen LogP contribution in [-0.2, 0) is 9.47 Å². The maximum Gasteiger partial charge on any atom is 0.162 e. The minimum atomic E-state index is -0.117. The van der Waals surface area contributed by atoms with Gasteiger partial charge in [0.1, 0.15) is 0 Å². The van der Waals surface area contributed by atoms with E-state index in [1.807, 2.05) is 0 Å². The van der Waals surface area contributed by atoms with Crippen molar-refractivity contribution in [2.75, 3.05) is 13.2 Å². The molecule has 0 unspecified atom stereocenters. The predicted molar refractivity (Wildman–Crippen MR) is 62.1 cm³/mol. The van der Waals surface area contributed by atoms with Crippen LogP contribution in [-0.4, -0.2) is 30.7 Å². The second-order valence-corrected chi connectivity index (χ2v) is 6.50. The highest BCUT2D eigenvalue weighted by atomic mass is 16.7. The molecule has 0 aromatic carbocycles. The average molecular weight is 228 g/mol. The fourth-order valence-electron chi connectivity index (χ4n) is 2.59. The highest BCUT2D eigenvalue weighted by Crippen LogP contribution is 2.43. The Hall–Kier alpha value is -0.120. The second kappa shape index (κ2) is 4.28. The lowest BCUT2D eigenvalue weighted by Crippen LogP contribution is -2.47. The van der Waals surface area contributed by atoms with Crippen LogP contribution in [0, 0.1) is 10.8 Å². The summed E-state index contributed by atoms with van der Waals surface area (Å²) in [5, 5.41) is 9.54. The van der Waals surface area contributed by atoms with Gasteiger partial charge in [0.15, 0.2) is 6.29 Å². The lowest BCUT2D eigenvalue weighted by molar-refractivity contribution is -0.273. The summed E-state index contributed by atoms with van der Waals surface area (Å²) in [4.78, 5) is 0. The molecule has 2 rings (SSSR count). The summed E-state index contributed by atoms with van der Waals surface area (Å²) in [5.41, 5.74) is 0.233. The van der Waals surface area contributed by atoms with Crippen LogP contribution >= 0.6 is 0 Å². The monoisotopic (exact) mass is 228 g/mol. The first-order chi connectivity index (χ1) is 7.41. The van der Waals surface area contributed by atoms with Crippen LogP contribution in [0.5, 0.6) is 0 Å². The highest BCUT2D eigenvalue weighted by molar-refractivity contribution is 4.87. The molecule has 1 saturated heterocycles. The van der Waals surface area contributed by atoms with Crippen LogP contribution in [0.4, 0.5) is 0 Å². The molecule has 1 heterocycles. The molecule has 0 atom stereocenters. The van der Waals surface area contributed by atoms with Gasteiger partial charge in [0, 0.05) is 10.8 Å². The van der Waals surface area contributed by atoms with Gasteiger partial charge in [-0.15, -0.1) is 0 Å². The van der Waals surface area contributed by atoms with Crippen LogP contribution in [0.1, 0.15) is 46.5 Å². The number of hydrogen-bond donors (Lipinski definition) is 1. The first-order valence-electron chi connectivity index (χ1n) is 6.33. The van der Waals surface area contributed by atoms with Crippen molar-refractivity contribution in [1.82, 2.24) is 0 Å². The summed E-state index contributed by atoms with van der Waals surface area (Å²) >= 11 is 0. The molecule has 0 bridgehead atoms. The molecule has 3 heteroatoms. The molecule has 2 fully saturated rings. The van der Waals surface area contributed by atoms with Crippen molar-refractivity contribution in [3.63, 3.8) is 0 Å². The molecule has 0 spiro atoms. The van der Waals surface area contributed by atoms with E-state index >= 15 is 0 Å². The molecule has 94 valence electrons. The Morgan fingerprint density at radius 1 is 1.00 bits per heavy atom. The minimum absolute atomic E-state index is 0.0759. The topological polar surface area (TPSA) is 38.7 Å². The Labute approximate surface area is 98.1 Å². The Kier molecular flexibility index (Phi) is 3.30. The van der Waals surface area contributed by atoms with Crippen molar-refractivity contribution in [3.05, 3.63) is 0 Å². The number of aliphatic hydroxyl groups is 1. The molecular formula is C13H24O3. The van der Waals surface area contributed by atoms with E-state index in [4.69, 9.17) is 9.47 Å². The molecule has 0 aromatic rings. The average Bonchev–Trinajstić information content (AvgIpc) is 2.22. The molecule has 16 heavy (non-hydrogen) atoms. The largest absolute Gasteiger partial charge is 0.393 e. The number of hydrogen-bond acceptors (Lipinski definition) is 3. The van der Waals surface area contributed by atoms with Gasteiger partial charge in [-0.3, -0.25) is 0 Å². The van der Waals surface area contributed by atoms with Gasteiger partial charge in [-0.1, -0.05) is 20.8 Å². The number of rotatable bonds is 1. The third-order valence-electron chi connectivity index (χ3n) is 3.92. The van der Waals surface area contributed by atoms with E-state index in [1.165, 1.54) is 0 Å². The lowest BCUT2D eigenvalue weighted by Gasteiger charge is -2.45. The zero-order chi connectivity index (χ0) is 11.8. The van der Waals surface area contributed by atoms with Crippen molar-refractivity contribution in [2.45, 2.75) is 58.8 Å². The van der Waals surface area contributed by atoms with Gasteiger partial charge >= 0.3 is 0 Å². The van der Waals surface area contributed by atoms with E-state index in [2.05, 4.69) is 20.8 Å². The zero-order valence-corrected chi connectivity index (χ0v) is 10.7. The molecule has 3 nitrogen and oxygen atoms in total. The molecule has 0 amide bonds. The first-order valence-corrected chi connectivity index (χ1v) is 6.33. The first kappa shape index (κ1) is 12.3. The third kappa shape index (κ3) is 2.58. The summed E-state index contributed by atoms with van der Waals surface area (Å²) in [6, 6.07) is 0. The van der Waals surface area contributed by atoms with E-state index in [0.29, 0.717) is 0 Å². The third-order valence-corrected chi connectivity index (χ3v) is 3.92. The summed E-state index contributed by atoms with van der Waals surface area (Å²) in [6.07, 6.45) is 3.56. The van der Waals surface area contributed by atoms with Gasteiger partial charge in [0.05, 0.1) is 19.3 Å². The molecule has 0 radical (unpaired) electrons. The van der Waals surface area contributed by atoms with Gasteiger partial charge in [0.25, 0.3) is 0 Å². The highest BCUT2D eigenvalue weighted by Gasteiger charge is 2.42. The lowest BCUT2D eigenvalue weighted by atomic mass is 9.73. The van der Waals surface area contributed by atoms with Crippen LogP contribution in [0.2, 0.25) is 0 Å². The van der Waals surface area contributed by atoms with Crippen LogP contribution in [0.15, 0.2) is 0 Å². The molecule has 2 aliphatic rings. The maximum absolute atomic E-state index is 9.54. The minimum Gasteiger partial charge on any atom is -0.393 e. The summed E-state index contributed by atoms with van der Waals surface area (Å²) in [5.74, 6) is 0. The van der Waals surface area contributed by atoms with Gasteiger partial charge < -0.3 is 14.6 Å². The van der Waals surface area contributed by atoms with Crippen LogP contribution < -0.4 is 0 Å². The fraction of sp³-hybridized carbons (Fsp3) is 1.00. The van der Waals surface area contributed by atoms with Crippen molar-refractivity contribution in [2.24, 2.45) is 10.8 Å². The summed E-state index contributed by atoms with van der Waals surface area (Å²) in [7, 11) is 0. The van der Waals surface area contributed by atoms with Gasteiger partial charge in [-0.05, 0) is 25.7 Å². The maximum atomic E-state index is 9.54. The normalized spacial score (nSPS) is 40.9. The standard InChI is InChI=1S/C13H24O3/c1-12(2)8-15-11(16-9-12)13(3)6-4-10(14)5-7-13/h10-11,14H,4-9H2,1-3H3. The second-order valence-electron chi connectivity index (χ2n) is 6.50. The molecule has 1 saturated carbocycles. The van der Waals surface area contributed by atoms with Gasteiger partial charge in [-0.2, -0.15) is 0 Å². The molecule has 1 N–H and O–H groups in total. The summed E-state index contributed by atoms with van der Waals surface area (Å²) < 4.78 is 11.7. The number of ether oxygens (including phenoxy) is 2. The SMILES string of the molecule is CC1(C)COC(C2(C)CCC(O)CC2)OC1. The van der Waals surface area contributed by atoms with Crippen LogP contribution in [0.3, 0.4) is 0 Å². The number of aliphatic hydroxyl groups excluding tert-OH is 1. The van der Waals surface area contributed by atoms with Crippen molar-refractivity contribution < 1.29 is 14.6 Å². The predicted octanol–water partition coefficient (Wildman–Crippen LogP) is 2.33. The fourth-order valence-corrected chi connectivity index (χ4v) is 2.59. The van der Waals surface area contributed by atoms with E-state index in [-0.39, 0.29) is 23.2 Å². The van der Waals surface area contributed by atoms with E-state index in [1.54, 1.807) is 0 Å². The van der Waals surface area contributed by atoms with Gasteiger partial charge in [0.2, 0.25) is 0 Å². The Morgan fingerprint density at radius 3 is 2.00 bits per heavy atom. The molecule has 1 aliphatic heterocycles. The Morgan fingerprint density at radius 2 is 1.50 bits per heavy atom. The van der Waals surface area contributed by atoms with Crippen molar-refractivity contribution in [3.8, 4) is 0 Å². The molecular weight excluding hydrogens is 204 g/mol. The Balaban J connectivity index is 1.93. The van der Waals surface area contributed by atoms with Crippen molar-refractivity contribution >= 4 is 0 Å². The van der Waals surface area contributed by atoms with E-state index in [0.717, 1.165) is 38.9 Å². The quantitative estimate of drug-likeness (QED) is 0.748. The summed E-state index contributed by atoms with van der Waals surface area (Å²) in [6.45, 7) is 8.10. The smallest absolute Gasteiger partial charge is 0.162 e. The molecule has 0 aromatic heterocycles. The molecule has 1 aliphatic carbocycles.